The number of hydrogen-bond acceptors (Lipinski definition) is 5. The lowest BCUT2D eigenvalue weighted by atomic mass is 10.2. The van der Waals surface area contributed by atoms with Crippen molar-refractivity contribution in [2.24, 2.45) is 7.05 Å². The van der Waals surface area contributed by atoms with Gasteiger partial charge in [-0.1, -0.05) is 6.07 Å². The predicted octanol–water partition coefficient (Wildman–Crippen LogP) is 0.591. The van der Waals surface area contributed by atoms with Crippen LogP contribution in [-0.2, 0) is 30.1 Å². The molecule has 1 heterocycles. The second-order valence-corrected chi connectivity index (χ2v) is 6.99. The molecule has 0 aliphatic rings. The van der Waals surface area contributed by atoms with Crippen LogP contribution < -0.4 is 4.72 Å². The Morgan fingerprint density at radius 3 is 2.76 bits per heavy atom. The highest BCUT2D eigenvalue weighted by Gasteiger charge is 2.17. The summed E-state index contributed by atoms with van der Waals surface area (Å²) in [4.78, 5) is 4.16. The minimum absolute atomic E-state index is 0.133. The van der Waals surface area contributed by atoms with E-state index in [1.807, 2.05) is 0 Å². The van der Waals surface area contributed by atoms with Crippen LogP contribution in [0.1, 0.15) is 11.4 Å². The van der Waals surface area contributed by atoms with Gasteiger partial charge in [0.25, 0.3) is 0 Å². The molecule has 0 atom stereocenters. The molecule has 0 aliphatic heterocycles. The topological polar surface area (TPSA) is 97.1 Å². The fourth-order valence-corrected chi connectivity index (χ4v) is 3.89. The number of nitrogens with zero attached hydrogens (tertiary/aromatic N) is 3. The van der Waals surface area contributed by atoms with Crippen molar-refractivity contribution in [1.29, 1.82) is 0 Å². The van der Waals surface area contributed by atoms with Crippen LogP contribution in [0, 0.1) is 0 Å². The van der Waals surface area contributed by atoms with Crippen molar-refractivity contribution in [1.82, 2.24) is 19.5 Å². The Bertz CT molecular complexity index is 730. The molecule has 0 amide bonds. The number of aliphatic hydroxyl groups is 1. The van der Waals surface area contributed by atoms with E-state index in [9.17, 15) is 8.42 Å². The fraction of sp³-hybridized carbons (Fsp3) is 0.333. The van der Waals surface area contributed by atoms with Crippen LogP contribution >= 0.6 is 15.9 Å². The minimum atomic E-state index is -3.62. The van der Waals surface area contributed by atoms with E-state index in [-0.39, 0.29) is 18.0 Å². The molecule has 2 aromatic rings. The van der Waals surface area contributed by atoms with Crippen molar-refractivity contribution in [2.75, 3.05) is 6.54 Å². The highest BCUT2D eigenvalue weighted by atomic mass is 79.9. The van der Waals surface area contributed by atoms with Crippen LogP contribution in [0.5, 0.6) is 0 Å². The normalized spacial score (nSPS) is 11.8. The Balaban J connectivity index is 2.04. The lowest BCUT2D eigenvalue weighted by Gasteiger charge is -2.08. The van der Waals surface area contributed by atoms with Crippen LogP contribution in [0.2, 0.25) is 0 Å². The molecule has 2 rings (SSSR count). The van der Waals surface area contributed by atoms with Gasteiger partial charge in [-0.15, -0.1) is 0 Å². The van der Waals surface area contributed by atoms with E-state index >= 15 is 0 Å². The molecular weight excluding hydrogens is 360 g/mol. The van der Waals surface area contributed by atoms with Crippen molar-refractivity contribution in [3.05, 3.63) is 40.4 Å². The number of aromatic nitrogens is 3. The van der Waals surface area contributed by atoms with Crippen LogP contribution in [0.3, 0.4) is 0 Å². The molecule has 0 fully saturated rings. The van der Waals surface area contributed by atoms with Crippen LogP contribution in [0.15, 0.2) is 33.9 Å². The van der Waals surface area contributed by atoms with Crippen molar-refractivity contribution in [3.63, 3.8) is 0 Å². The first kappa shape index (κ1) is 16.1. The molecule has 21 heavy (non-hydrogen) atoms. The van der Waals surface area contributed by atoms with Crippen LogP contribution in [-0.4, -0.2) is 34.8 Å². The third-order valence-electron chi connectivity index (χ3n) is 2.76. The van der Waals surface area contributed by atoms with E-state index in [2.05, 4.69) is 30.7 Å². The second-order valence-electron chi connectivity index (χ2n) is 4.41. The molecule has 0 aliphatic carbocycles. The maximum absolute atomic E-state index is 12.2. The van der Waals surface area contributed by atoms with E-state index in [1.165, 1.54) is 6.07 Å². The van der Waals surface area contributed by atoms with E-state index in [4.69, 9.17) is 5.11 Å². The fourth-order valence-electron chi connectivity index (χ4n) is 1.73. The largest absolute Gasteiger partial charge is 0.392 e. The summed E-state index contributed by atoms with van der Waals surface area (Å²) in [5, 5.41) is 13.1. The van der Waals surface area contributed by atoms with Crippen molar-refractivity contribution >= 4 is 26.0 Å². The molecule has 1 aromatic carbocycles. The summed E-state index contributed by atoms with van der Waals surface area (Å²) in [5.41, 5.74) is 0.638. The lowest BCUT2D eigenvalue weighted by Crippen LogP contribution is -2.26. The van der Waals surface area contributed by atoms with Crippen molar-refractivity contribution in [3.8, 4) is 0 Å². The average Bonchev–Trinajstić information content (AvgIpc) is 2.83. The molecule has 1 aromatic heterocycles. The Morgan fingerprint density at radius 2 is 2.19 bits per heavy atom. The van der Waals surface area contributed by atoms with Gasteiger partial charge < -0.3 is 5.11 Å². The average molecular weight is 375 g/mol. The molecule has 0 saturated heterocycles. The number of aliphatic hydroxyl groups excluding tert-OH is 1. The standard InChI is InChI=1S/C12H15BrN4O3S/c1-17-8-14-12(16-17)4-5-15-21(19,20)11-3-2-9(7-18)6-10(11)13/h2-3,6,8,15,18H,4-5,7H2,1H3. The molecule has 0 bridgehead atoms. The van der Waals surface area contributed by atoms with Gasteiger partial charge in [0.1, 0.15) is 6.33 Å². The van der Waals surface area contributed by atoms with Gasteiger partial charge in [0, 0.05) is 24.5 Å². The Kier molecular flexibility index (Phi) is 5.09. The summed E-state index contributed by atoms with van der Waals surface area (Å²) in [5.74, 6) is 0.579. The van der Waals surface area contributed by atoms with Gasteiger partial charge in [0.15, 0.2) is 5.82 Å². The molecule has 114 valence electrons. The van der Waals surface area contributed by atoms with Crippen molar-refractivity contribution < 1.29 is 13.5 Å². The lowest BCUT2D eigenvalue weighted by molar-refractivity contribution is 0.281. The van der Waals surface area contributed by atoms with E-state index < -0.39 is 10.0 Å². The second kappa shape index (κ2) is 6.65. The van der Waals surface area contributed by atoms with Gasteiger partial charge in [0.05, 0.1) is 11.5 Å². The quantitative estimate of drug-likeness (QED) is 0.771. The predicted molar refractivity (Wildman–Crippen MR) is 80.0 cm³/mol. The third kappa shape index (κ3) is 4.10. The Hall–Kier alpha value is -1.29. The maximum atomic E-state index is 12.2. The number of aryl methyl sites for hydroxylation is 1. The zero-order valence-electron chi connectivity index (χ0n) is 11.3. The number of halogens is 1. The Morgan fingerprint density at radius 1 is 1.43 bits per heavy atom. The summed E-state index contributed by atoms with van der Waals surface area (Å²) in [7, 11) is -1.87. The first-order valence-corrected chi connectivity index (χ1v) is 8.43. The van der Waals surface area contributed by atoms with Gasteiger partial charge in [-0.05, 0) is 33.6 Å². The molecule has 0 spiro atoms. The van der Waals surface area contributed by atoms with E-state index in [0.717, 1.165) is 0 Å². The van der Waals surface area contributed by atoms with Crippen molar-refractivity contribution in [2.45, 2.75) is 17.9 Å². The highest BCUT2D eigenvalue weighted by molar-refractivity contribution is 9.10. The molecular formula is C12H15BrN4O3S. The van der Waals surface area contributed by atoms with E-state index in [0.29, 0.717) is 22.3 Å². The third-order valence-corrected chi connectivity index (χ3v) is 5.19. The number of hydrogen-bond donors (Lipinski definition) is 2. The molecule has 9 heteroatoms. The van der Waals surface area contributed by atoms with Gasteiger partial charge >= 0.3 is 0 Å². The van der Waals surface area contributed by atoms with Gasteiger partial charge in [-0.3, -0.25) is 4.68 Å². The number of sulfonamides is 1. The first-order valence-electron chi connectivity index (χ1n) is 6.16. The molecule has 0 unspecified atom stereocenters. The Labute approximate surface area is 131 Å². The summed E-state index contributed by atoms with van der Waals surface area (Å²) in [6, 6.07) is 4.60. The summed E-state index contributed by atoms with van der Waals surface area (Å²) >= 11 is 3.21. The summed E-state index contributed by atoms with van der Waals surface area (Å²) < 4.78 is 28.9. The van der Waals surface area contributed by atoms with Gasteiger partial charge in [-0.2, -0.15) is 5.10 Å². The van der Waals surface area contributed by atoms with Gasteiger partial charge in [-0.25, -0.2) is 18.1 Å². The SMILES string of the molecule is Cn1cnc(CCNS(=O)(=O)c2ccc(CO)cc2Br)n1. The molecule has 0 saturated carbocycles. The summed E-state index contributed by atoms with van der Waals surface area (Å²) in [6.07, 6.45) is 1.97. The molecule has 7 nitrogen and oxygen atoms in total. The van der Waals surface area contributed by atoms with Crippen LogP contribution in [0.4, 0.5) is 0 Å². The first-order chi connectivity index (χ1) is 9.92. The molecule has 0 radical (unpaired) electrons. The monoisotopic (exact) mass is 374 g/mol. The van der Waals surface area contributed by atoms with Crippen LogP contribution in [0.25, 0.3) is 0 Å². The zero-order chi connectivity index (χ0) is 15.5. The maximum Gasteiger partial charge on any atom is 0.241 e. The minimum Gasteiger partial charge on any atom is -0.392 e. The molecule has 2 N–H and O–H groups in total. The number of rotatable bonds is 6. The number of nitrogens with one attached hydrogen (secondary N) is 1. The smallest absolute Gasteiger partial charge is 0.241 e. The summed E-state index contributed by atoms with van der Waals surface area (Å²) in [6.45, 7) is 0.0677. The van der Waals surface area contributed by atoms with E-state index in [1.54, 1.807) is 30.2 Å². The zero-order valence-corrected chi connectivity index (χ0v) is 13.7. The van der Waals surface area contributed by atoms with Gasteiger partial charge in [0.2, 0.25) is 10.0 Å². The number of benzene rings is 1. The highest BCUT2D eigenvalue weighted by Crippen LogP contribution is 2.23.